The van der Waals surface area contributed by atoms with Crippen LogP contribution < -0.4 is 5.32 Å². The second kappa shape index (κ2) is 9.37. The molecular formula is C24H17F3N4O4. The van der Waals surface area contributed by atoms with E-state index in [1.54, 1.807) is 49.4 Å². The second-order valence-corrected chi connectivity index (χ2v) is 7.41. The van der Waals surface area contributed by atoms with E-state index in [0.29, 0.717) is 22.7 Å². The van der Waals surface area contributed by atoms with Gasteiger partial charge in [0.05, 0.1) is 17.7 Å². The first kappa shape index (κ1) is 23.6. The molecule has 0 unspecified atom stereocenters. The van der Waals surface area contributed by atoms with Crippen molar-refractivity contribution in [1.82, 2.24) is 10.2 Å². The van der Waals surface area contributed by atoms with Crippen molar-refractivity contribution >= 4 is 34.2 Å². The summed E-state index contributed by atoms with van der Waals surface area (Å²) in [5.74, 6) is -1.29. The number of nitrogens with one attached hydrogen (secondary N) is 2. The van der Waals surface area contributed by atoms with Crippen molar-refractivity contribution in [3.8, 4) is 11.1 Å². The summed E-state index contributed by atoms with van der Waals surface area (Å²) in [6.07, 6.45) is -4.83. The summed E-state index contributed by atoms with van der Waals surface area (Å²) in [6, 6.07) is 14.5. The van der Waals surface area contributed by atoms with Gasteiger partial charge in [0.2, 0.25) is 0 Å². The SMILES string of the molecule is CCOC(=O)c1n[nH]c2cc(-c3ccc(NC(=O)c4ccc(N=O)c(C(F)(F)F)c4)cc3)ccc12. The Hall–Kier alpha value is -4.54. The molecule has 0 fully saturated rings. The molecule has 0 bridgehead atoms. The van der Waals surface area contributed by atoms with Crippen LogP contribution >= 0.6 is 0 Å². The maximum atomic E-state index is 13.1. The molecule has 1 aromatic heterocycles. The number of alkyl halides is 3. The molecule has 0 aliphatic carbocycles. The van der Waals surface area contributed by atoms with E-state index in [1.807, 2.05) is 0 Å². The Morgan fingerprint density at radius 3 is 2.40 bits per heavy atom. The molecule has 0 spiro atoms. The third-order valence-corrected chi connectivity index (χ3v) is 5.17. The fourth-order valence-corrected chi connectivity index (χ4v) is 3.49. The number of fused-ring (bicyclic) bond motifs is 1. The average Bonchev–Trinajstić information content (AvgIpc) is 3.27. The molecule has 1 heterocycles. The van der Waals surface area contributed by atoms with Crippen LogP contribution in [0.2, 0.25) is 0 Å². The van der Waals surface area contributed by atoms with Crippen LogP contribution in [0.5, 0.6) is 0 Å². The van der Waals surface area contributed by atoms with Crippen LogP contribution in [0.25, 0.3) is 22.0 Å². The van der Waals surface area contributed by atoms with E-state index in [4.69, 9.17) is 4.74 Å². The van der Waals surface area contributed by atoms with Crippen molar-refractivity contribution in [1.29, 1.82) is 0 Å². The molecule has 178 valence electrons. The van der Waals surface area contributed by atoms with Crippen LogP contribution in [0.15, 0.2) is 65.8 Å². The van der Waals surface area contributed by atoms with Gasteiger partial charge in [-0.25, -0.2) is 4.79 Å². The van der Waals surface area contributed by atoms with Gasteiger partial charge in [0, 0.05) is 16.6 Å². The number of aromatic nitrogens is 2. The maximum absolute atomic E-state index is 13.1. The highest BCUT2D eigenvalue weighted by atomic mass is 19.4. The molecule has 0 atom stereocenters. The summed E-state index contributed by atoms with van der Waals surface area (Å²) in [6.45, 7) is 1.94. The van der Waals surface area contributed by atoms with Gasteiger partial charge in [-0.2, -0.15) is 18.3 Å². The fourth-order valence-electron chi connectivity index (χ4n) is 3.49. The minimum Gasteiger partial charge on any atom is -0.461 e. The lowest BCUT2D eigenvalue weighted by Crippen LogP contribution is -2.14. The van der Waals surface area contributed by atoms with Crippen molar-refractivity contribution in [3.63, 3.8) is 0 Å². The minimum atomic E-state index is -4.83. The summed E-state index contributed by atoms with van der Waals surface area (Å²) >= 11 is 0. The van der Waals surface area contributed by atoms with Crippen molar-refractivity contribution in [2.75, 3.05) is 11.9 Å². The number of hydrogen-bond acceptors (Lipinski definition) is 6. The molecule has 2 N–H and O–H groups in total. The van der Waals surface area contributed by atoms with Crippen LogP contribution in [-0.2, 0) is 10.9 Å². The van der Waals surface area contributed by atoms with Crippen molar-refractivity contribution in [2.45, 2.75) is 13.1 Å². The topological polar surface area (TPSA) is 114 Å². The quantitative estimate of drug-likeness (QED) is 0.256. The third-order valence-electron chi connectivity index (χ3n) is 5.17. The number of ether oxygens (including phenoxy) is 1. The Balaban J connectivity index is 1.52. The van der Waals surface area contributed by atoms with Gasteiger partial charge in [-0.3, -0.25) is 9.89 Å². The van der Waals surface area contributed by atoms with Crippen LogP contribution in [-0.4, -0.2) is 28.7 Å². The Labute approximate surface area is 196 Å². The van der Waals surface area contributed by atoms with E-state index in [2.05, 4.69) is 20.7 Å². The number of rotatable bonds is 6. The van der Waals surface area contributed by atoms with E-state index in [-0.39, 0.29) is 17.9 Å². The van der Waals surface area contributed by atoms with Crippen LogP contribution in [0, 0.1) is 4.91 Å². The molecule has 8 nitrogen and oxygen atoms in total. The van der Waals surface area contributed by atoms with Crippen LogP contribution in [0.4, 0.5) is 24.5 Å². The van der Waals surface area contributed by atoms with Crippen LogP contribution in [0.1, 0.15) is 33.3 Å². The first-order valence-corrected chi connectivity index (χ1v) is 10.3. The molecule has 0 aliphatic rings. The summed E-state index contributed by atoms with van der Waals surface area (Å²) in [7, 11) is 0. The Bertz CT molecular complexity index is 1430. The average molecular weight is 482 g/mol. The molecule has 0 saturated heterocycles. The van der Waals surface area contributed by atoms with Gasteiger partial charge in [0.25, 0.3) is 5.91 Å². The number of carbonyl (C=O) groups is 2. The van der Waals surface area contributed by atoms with Gasteiger partial charge in [-0.1, -0.05) is 18.2 Å². The molecule has 1 amide bonds. The molecule has 3 aromatic carbocycles. The number of nitrogens with zero attached hydrogens (tertiary/aromatic N) is 2. The highest BCUT2D eigenvalue weighted by Crippen LogP contribution is 2.37. The Kier molecular flexibility index (Phi) is 6.32. The summed E-state index contributed by atoms with van der Waals surface area (Å²) < 4.78 is 44.4. The van der Waals surface area contributed by atoms with Crippen molar-refractivity contribution < 1.29 is 27.5 Å². The molecule has 4 aromatic rings. The van der Waals surface area contributed by atoms with Gasteiger partial charge < -0.3 is 10.1 Å². The lowest BCUT2D eigenvalue weighted by molar-refractivity contribution is -0.137. The number of carbonyl (C=O) groups excluding carboxylic acids is 2. The van der Waals surface area contributed by atoms with Crippen molar-refractivity contribution in [2.24, 2.45) is 5.18 Å². The lowest BCUT2D eigenvalue weighted by Gasteiger charge is -2.11. The monoisotopic (exact) mass is 482 g/mol. The summed E-state index contributed by atoms with van der Waals surface area (Å²) in [4.78, 5) is 35.1. The summed E-state index contributed by atoms with van der Waals surface area (Å²) in [5.41, 5.74) is 0.443. The third kappa shape index (κ3) is 4.88. The largest absolute Gasteiger partial charge is 0.461 e. The van der Waals surface area contributed by atoms with E-state index in [1.165, 1.54) is 0 Å². The predicted octanol–water partition coefficient (Wildman–Crippen LogP) is 6.08. The number of nitroso groups, excluding NO2 is 1. The zero-order chi connectivity index (χ0) is 25.2. The molecule has 4 rings (SSSR count). The first-order chi connectivity index (χ1) is 16.7. The standard InChI is InChI=1S/C24H17F3N4O4/c1-2-35-23(33)21-17-9-5-14(12-20(17)29-30-21)13-3-7-16(8-4-13)28-22(32)15-6-10-19(31-34)18(11-15)24(25,26)27/h3-12H,2H2,1H3,(H,28,32)(H,29,30). The zero-order valence-corrected chi connectivity index (χ0v) is 18.1. The van der Waals surface area contributed by atoms with Crippen molar-refractivity contribution in [3.05, 3.63) is 82.4 Å². The van der Waals surface area contributed by atoms with Gasteiger partial charge in [0.1, 0.15) is 5.69 Å². The van der Waals surface area contributed by atoms with Gasteiger partial charge in [-0.15, -0.1) is 4.91 Å². The predicted molar refractivity (Wildman–Crippen MR) is 122 cm³/mol. The molecule has 11 heteroatoms. The van der Waals surface area contributed by atoms with E-state index < -0.39 is 29.3 Å². The highest BCUT2D eigenvalue weighted by molar-refractivity contribution is 6.05. The Morgan fingerprint density at radius 1 is 1.03 bits per heavy atom. The lowest BCUT2D eigenvalue weighted by atomic mass is 10.0. The number of aromatic amines is 1. The van der Waals surface area contributed by atoms with Gasteiger partial charge >= 0.3 is 12.1 Å². The van der Waals surface area contributed by atoms with E-state index in [9.17, 15) is 27.7 Å². The zero-order valence-electron chi connectivity index (χ0n) is 18.1. The number of benzene rings is 3. The fraction of sp³-hybridized carbons (Fsp3) is 0.125. The smallest absolute Gasteiger partial charge is 0.418 e. The maximum Gasteiger partial charge on any atom is 0.418 e. The summed E-state index contributed by atoms with van der Waals surface area (Å²) in [5, 5.41) is 12.3. The number of halogens is 3. The molecule has 0 aliphatic heterocycles. The van der Waals surface area contributed by atoms with E-state index >= 15 is 0 Å². The normalized spacial score (nSPS) is 11.3. The number of hydrogen-bond donors (Lipinski definition) is 2. The Morgan fingerprint density at radius 2 is 1.74 bits per heavy atom. The van der Waals surface area contributed by atoms with Gasteiger partial charge in [0.15, 0.2) is 5.69 Å². The van der Waals surface area contributed by atoms with E-state index in [0.717, 1.165) is 23.3 Å². The molecule has 0 radical (unpaired) electrons. The number of anilines is 1. The molecular weight excluding hydrogens is 465 g/mol. The van der Waals surface area contributed by atoms with Crippen LogP contribution in [0.3, 0.4) is 0 Å². The first-order valence-electron chi connectivity index (χ1n) is 10.3. The number of H-pyrrole nitrogens is 1. The molecule has 0 saturated carbocycles. The van der Waals surface area contributed by atoms with Gasteiger partial charge in [-0.05, 0) is 65.7 Å². The number of esters is 1. The minimum absolute atomic E-state index is 0.192. The highest BCUT2D eigenvalue weighted by Gasteiger charge is 2.35. The second-order valence-electron chi connectivity index (χ2n) is 7.41. The number of amides is 1. The molecule has 35 heavy (non-hydrogen) atoms.